The average molecular weight is 282 g/mol. The molecule has 0 unspecified atom stereocenters. The van der Waals surface area contributed by atoms with Crippen molar-refractivity contribution in [1.82, 2.24) is 10.2 Å². The number of amides is 2. The molecule has 0 radical (unpaired) electrons. The van der Waals surface area contributed by atoms with E-state index in [0.29, 0.717) is 24.2 Å². The van der Waals surface area contributed by atoms with E-state index in [1.165, 1.54) is 4.90 Å². The van der Waals surface area contributed by atoms with Gasteiger partial charge in [0.05, 0.1) is 11.1 Å². The Bertz CT molecular complexity index is 594. The zero-order chi connectivity index (χ0) is 15.2. The maximum Gasteiger partial charge on any atom is 0.261 e. The molecular weight excluding hydrogens is 264 g/mol. The molecule has 0 fully saturated rings. The molecule has 0 atom stereocenters. The van der Waals surface area contributed by atoms with Crippen molar-refractivity contribution < 1.29 is 9.59 Å². The highest BCUT2D eigenvalue weighted by Gasteiger charge is 2.34. The summed E-state index contributed by atoms with van der Waals surface area (Å²) in [5.41, 5.74) is 1.94. The largest absolute Gasteiger partial charge is 0.387 e. The number of fused-ring (bicyclic) bond motifs is 1. The maximum absolute atomic E-state index is 12.1. The van der Waals surface area contributed by atoms with Crippen molar-refractivity contribution in [3.63, 3.8) is 0 Å². The van der Waals surface area contributed by atoms with Crippen molar-refractivity contribution in [3.8, 4) is 0 Å². The molecule has 1 heterocycles. The Morgan fingerprint density at radius 1 is 1.19 bits per heavy atom. The van der Waals surface area contributed by atoms with Gasteiger partial charge in [0.15, 0.2) is 0 Å². The summed E-state index contributed by atoms with van der Waals surface area (Å²) in [6.07, 6.45) is 7.30. The summed E-state index contributed by atoms with van der Waals surface area (Å²) in [6.45, 7) is 6.39. The fraction of sp³-hybridized carbons (Fsp3) is 0.176. The lowest BCUT2D eigenvalue weighted by Gasteiger charge is -2.14. The number of benzene rings is 1. The minimum Gasteiger partial charge on any atom is -0.387 e. The van der Waals surface area contributed by atoms with E-state index in [9.17, 15) is 9.59 Å². The van der Waals surface area contributed by atoms with Crippen LogP contribution in [0.5, 0.6) is 0 Å². The number of nitrogens with one attached hydrogen (secondary N) is 1. The summed E-state index contributed by atoms with van der Waals surface area (Å²) in [7, 11) is 0. The zero-order valence-electron chi connectivity index (χ0n) is 12.0. The van der Waals surface area contributed by atoms with Gasteiger partial charge in [0, 0.05) is 18.8 Å². The van der Waals surface area contributed by atoms with Gasteiger partial charge in [0.1, 0.15) is 0 Å². The van der Waals surface area contributed by atoms with Crippen LogP contribution >= 0.6 is 0 Å². The summed E-state index contributed by atoms with van der Waals surface area (Å²) in [6, 6.07) is 6.91. The Morgan fingerprint density at radius 3 is 2.38 bits per heavy atom. The first kappa shape index (κ1) is 14.8. The number of hydrogen-bond acceptors (Lipinski definition) is 3. The first-order valence-corrected chi connectivity index (χ1v) is 6.80. The highest BCUT2D eigenvalue weighted by Crippen LogP contribution is 2.21. The topological polar surface area (TPSA) is 49.4 Å². The van der Waals surface area contributed by atoms with Crippen molar-refractivity contribution in [3.05, 3.63) is 72.0 Å². The molecule has 0 spiro atoms. The summed E-state index contributed by atoms with van der Waals surface area (Å²) >= 11 is 0. The van der Waals surface area contributed by atoms with E-state index in [-0.39, 0.29) is 11.8 Å². The van der Waals surface area contributed by atoms with Crippen molar-refractivity contribution >= 4 is 11.8 Å². The highest BCUT2D eigenvalue weighted by molar-refractivity contribution is 6.21. The van der Waals surface area contributed by atoms with Crippen molar-refractivity contribution in [2.45, 2.75) is 6.92 Å². The fourth-order valence-corrected chi connectivity index (χ4v) is 2.14. The number of carbonyl (C=O) groups is 2. The van der Waals surface area contributed by atoms with Gasteiger partial charge in [-0.25, -0.2) is 0 Å². The van der Waals surface area contributed by atoms with Crippen LogP contribution in [0.3, 0.4) is 0 Å². The number of nitrogens with zero attached hydrogens (tertiary/aromatic N) is 1. The number of imide groups is 1. The van der Waals surface area contributed by atoms with Gasteiger partial charge in [-0.05, 0) is 25.1 Å². The maximum atomic E-state index is 12.1. The van der Waals surface area contributed by atoms with E-state index >= 15 is 0 Å². The van der Waals surface area contributed by atoms with Gasteiger partial charge in [-0.1, -0.05) is 36.9 Å². The lowest BCUT2D eigenvalue weighted by Crippen LogP contribution is -2.35. The molecule has 0 saturated carbocycles. The SMILES string of the molecule is C=C/C=C\C=C(\C)NCCN1C(=O)c2ccccc2C1=O. The van der Waals surface area contributed by atoms with Gasteiger partial charge >= 0.3 is 0 Å². The van der Waals surface area contributed by atoms with Gasteiger partial charge < -0.3 is 5.32 Å². The predicted octanol–water partition coefficient (Wildman–Crippen LogP) is 2.52. The van der Waals surface area contributed by atoms with Crippen LogP contribution in [0.4, 0.5) is 0 Å². The third-order valence-electron chi connectivity index (χ3n) is 3.21. The van der Waals surface area contributed by atoms with Crippen LogP contribution < -0.4 is 5.32 Å². The molecule has 4 nitrogen and oxygen atoms in total. The molecule has 1 aliphatic heterocycles. The van der Waals surface area contributed by atoms with Crippen LogP contribution in [0.25, 0.3) is 0 Å². The molecule has 1 N–H and O–H groups in total. The average Bonchev–Trinajstić information content (AvgIpc) is 2.73. The second-order valence-electron chi connectivity index (χ2n) is 4.70. The minimum absolute atomic E-state index is 0.217. The molecule has 21 heavy (non-hydrogen) atoms. The third kappa shape index (κ3) is 3.28. The Morgan fingerprint density at radius 2 is 1.81 bits per heavy atom. The molecule has 2 amide bonds. The van der Waals surface area contributed by atoms with E-state index in [0.717, 1.165) is 5.70 Å². The van der Waals surface area contributed by atoms with Crippen molar-refractivity contribution in [2.75, 3.05) is 13.1 Å². The molecule has 1 aromatic carbocycles. The van der Waals surface area contributed by atoms with Gasteiger partial charge in [-0.2, -0.15) is 0 Å². The number of carbonyl (C=O) groups excluding carboxylic acids is 2. The van der Waals surface area contributed by atoms with Crippen LogP contribution in [0.1, 0.15) is 27.6 Å². The van der Waals surface area contributed by atoms with Gasteiger partial charge in [0.2, 0.25) is 0 Å². The third-order valence-corrected chi connectivity index (χ3v) is 3.21. The highest BCUT2D eigenvalue weighted by atomic mass is 16.2. The summed E-state index contributed by atoms with van der Waals surface area (Å²) in [4.78, 5) is 25.6. The van der Waals surface area contributed by atoms with E-state index in [1.807, 2.05) is 25.2 Å². The van der Waals surface area contributed by atoms with Gasteiger partial charge in [-0.15, -0.1) is 0 Å². The molecule has 0 aromatic heterocycles. The van der Waals surface area contributed by atoms with Crippen LogP contribution in [0.15, 0.2) is 60.8 Å². The van der Waals surface area contributed by atoms with E-state index < -0.39 is 0 Å². The van der Waals surface area contributed by atoms with Crippen LogP contribution in [0, 0.1) is 0 Å². The molecule has 108 valence electrons. The summed E-state index contributed by atoms with van der Waals surface area (Å²) in [5, 5.41) is 3.17. The molecule has 0 saturated heterocycles. The first-order valence-electron chi connectivity index (χ1n) is 6.80. The van der Waals surface area contributed by atoms with Crippen molar-refractivity contribution in [2.24, 2.45) is 0 Å². The second kappa shape index (κ2) is 6.70. The van der Waals surface area contributed by atoms with E-state index in [4.69, 9.17) is 0 Å². The summed E-state index contributed by atoms with van der Waals surface area (Å²) < 4.78 is 0. The Balaban J connectivity index is 1.92. The van der Waals surface area contributed by atoms with Crippen LogP contribution in [-0.2, 0) is 0 Å². The van der Waals surface area contributed by atoms with E-state index in [1.54, 1.807) is 30.3 Å². The second-order valence-corrected chi connectivity index (χ2v) is 4.70. The molecule has 4 heteroatoms. The number of hydrogen-bond donors (Lipinski definition) is 1. The van der Waals surface area contributed by atoms with Crippen molar-refractivity contribution in [1.29, 1.82) is 0 Å². The minimum atomic E-state index is -0.217. The Labute approximate surface area is 124 Å². The number of allylic oxidation sites excluding steroid dienone is 5. The Hall–Kier alpha value is -2.62. The standard InChI is InChI=1S/C17H18N2O2/c1-3-4-5-8-13(2)18-11-12-19-16(20)14-9-6-7-10-15(14)17(19)21/h3-10,18H,1,11-12H2,2H3/b5-4-,13-8-. The van der Waals surface area contributed by atoms with Crippen LogP contribution in [0.2, 0.25) is 0 Å². The zero-order valence-corrected chi connectivity index (χ0v) is 12.0. The van der Waals surface area contributed by atoms with Gasteiger partial charge in [0.25, 0.3) is 11.8 Å². The Kier molecular flexibility index (Phi) is 4.72. The fourth-order valence-electron chi connectivity index (χ4n) is 2.14. The molecule has 1 aromatic rings. The van der Waals surface area contributed by atoms with Gasteiger partial charge in [-0.3, -0.25) is 14.5 Å². The lowest BCUT2D eigenvalue weighted by atomic mass is 10.1. The molecule has 0 bridgehead atoms. The quantitative estimate of drug-likeness (QED) is 0.644. The predicted molar refractivity (Wildman–Crippen MR) is 82.9 cm³/mol. The molecule has 2 rings (SSSR count). The first-order chi connectivity index (χ1) is 10.1. The number of rotatable bonds is 6. The molecule has 1 aliphatic rings. The molecule has 0 aliphatic carbocycles. The normalized spacial score (nSPS) is 14.7. The summed E-state index contributed by atoms with van der Waals surface area (Å²) in [5.74, 6) is -0.434. The molecular formula is C17H18N2O2. The van der Waals surface area contributed by atoms with E-state index in [2.05, 4.69) is 11.9 Å². The van der Waals surface area contributed by atoms with Crippen LogP contribution in [-0.4, -0.2) is 29.8 Å². The smallest absolute Gasteiger partial charge is 0.261 e. The monoisotopic (exact) mass is 282 g/mol. The lowest BCUT2D eigenvalue weighted by molar-refractivity contribution is 0.0656.